The Bertz CT molecular complexity index is 254. The molecule has 1 aromatic rings. The number of nitrogens with one attached hydrogen (secondary N) is 1. The molecule has 2 nitrogen and oxygen atoms in total. The van der Waals surface area contributed by atoms with E-state index in [9.17, 15) is 0 Å². The van der Waals surface area contributed by atoms with Crippen LogP contribution in [0.2, 0.25) is 0 Å². The van der Waals surface area contributed by atoms with Gasteiger partial charge in [0.15, 0.2) is 0 Å². The number of pyridine rings is 1. The van der Waals surface area contributed by atoms with Crippen LogP contribution in [0.1, 0.15) is 24.5 Å². The summed E-state index contributed by atoms with van der Waals surface area (Å²) in [4.78, 5) is 4.42. The Balaban J connectivity index is 2.10. The van der Waals surface area contributed by atoms with Crippen LogP contribution in [0.15, 0.2) is 24.4 Å². The van der Waals surface area contributed by atoms with Gasteiger partial charge in [0.1, 0.15) is 0 Å². The van der Waals surface area contributed by atoms with Crippen molar-refractivity contribution >= 4 is 0 Å². The standard InChI is InChI=1S/C11H16N2/c1-12-8-10(9-5-6-9)11-4-2-3-7-13-11/h2-4,7,9-10,12H,5-6,8H2,1H3. The highest BCUT2D eigenvalue weighted by Crippen LogP contribution is 2.41. The van der Waals surface area contributed by atoms with Crippen molar-refractivity contribution in [1.29, 1.82) is 0 Å². The first-order valence-corrected chi connectivity index (χ1v) is 4.97. The molecule has 1 N–H and O–H groups in total. The SMILES string of the molecule is CNCC(c1ccccn1)C1CC1. The maximum atomic E-state index is 4.42. The lowest BCUT2D eigenvalue weighted by molar-refractivity contribution is 0.553. The van der Waals surface area contributed by atoms with Crippen molar-refractivity contribution in [2.45, 2.75) is 18.8 Å². The van der Waals surface area contributed by atoms with E-state index in [1.165, 1.54) is 18.5 Å². The minimum absolute atomic E-state index is 0.631. The van der Waals surface area contributed by atoms with E-state index >= 15 is 0 Å². The van der Waals surface area contributed by atoms with Crippen LogP contribution in [0.25, 0.3) is 0 Å². The van der Waals surface area contributed by atoms with Gasteiger partial charge >= 0.3 is 0 Å². The Hall–Kier alpha value is -0.890. The number of aromatic nitrogens is 1. The number of hydrogen-bond acceptors (Lipinski definition) is 2. The Morgan fingerprint density at radius 3 is 2.92 bits per heavy atom. The zero-order chi connectivity index (χ0) is 9.10. The van der Waals surface area contributed by atoms with Crippen LogP contribution < -0.4 is 5.32 Å². The maximum Gasteiger partial charge on any atom is 0.0449 e. The quantitative estimate of drug-likeness (QED) is 0.756. The Labute approximate surface area is 79.4 Å². The smallest absolute Gasteiger partial charge is 0.0449 e. The maximum absolute atomic E-state index is 4.42. The Morgan fingerprint density at radius 2 is 2.38 bits per heavy atom. The fraction of sp³-hybridized carbons (Fsp3) is 0.545. The van der Waals surface area contributed by atoms with E-state index in [2.05, 4.69) is 22.4 Å². The van der Waals surface area contributed by atoms with Crippen LogP contribution >= 0.6 is 0 Å². The minimum atomic E-state index is 0.631. The van der Waals surface area contributed by atoms with Crippen molar-refractivity contribution in [3.8, 4) is 0 Å². The van der Waals surface area contributed by atoms with Gasteiger partial charge in [-0.05, 0) is 37.9 Å². The summed E-state index contributed by atoms with van der Waals surface area (Å²) in [7, 11) is 2.01. The molecule has 0 aromatic carbocycles. The predicted octanol–water partition coefficient (Wildman–Crippen LogP) is 1.79. The first-order chi connectivity index (χ1) is 6.42. The van der Waals surface area contributed by atoms with E-state index in [1.54, 1.807) is 0 Å². The summed E-state index contributed by atoms with van der Waals surface area (Å²) in [5.41, 5.74) is 1.25. The average molecular weight is 176 g/mol. The molecule has 1 fully saturated rings. The van der Waals surface area contributed by atoms with Gasteiger partial charge in [-0.3, -0.25) is 4.98 Å². The molecule has 1 unspecified atom stereocenters. The monoisotopic (exact) mass is 176 g/mol. The van der Waals surface area contributed by atoms with Crippen molar-refractivity contribution in [2.75, 3.05) is 13.6 Å². The number of rotatable bonds is 4. The molecular formula is C11H16N2. The first kappa shape index (κ1) is 8.70. The van der Waals surface area contributed by atoms with E-state index in [4.69, 9.17) is 0 Å². The van der Waals surface area contributed by atoms with Crippen molar-refractivity contribution in [2.24, 2.45) is 5.92 Å². The van der Waals surface area contributed by atoms with Gasteiger partial charge in [0.2, 0.25) is 0 Å². The first-order valence-electron chi connectivity index (χ1n) is 4.97. The fourth-order valence-electron chi connectivity index (χ4n) is 1.83. The molecule has 1 heterocycles. The largest absolute Gasteiger partial charge is 0.319 e. The van der Waals surface area contributed by atoms with Crippen LogP contribution in [0, 0.1) is 5.92 Å². The molecule has 0 spiro atoms. The molecule has 0 radical (unpaired) electrons. The summed E-state index contributed by atoms with van der Waals surface area (Å²) in [6, 6.07) is 6.19. The van der Waals surface area contributed by atoms with Gasteiger partial charge in [-0.2, -0.15) is 0 Å². The third-order valence-electron chi connectivity index (χ3n) is 2.68. The van der Waals surface area contributed by atoms with Crippen LogP contribution in [-0.2, 0) is 0 Å². The number of nitrogens with zero attached hydrogens (tertiary/aromatic N) is 1. The summed E-state index contributed by atoms with van der Waals surface area (Å²) in [6.45, 7) is 1.06. The molecule has 2 rings (SSSR count). The lowest BCUT2D eigenvalue weighted by atomic mass is 9.99. The third-order valence-corrected chi connectivity index (χ3v) is 2.68. The lowest BCUT2D eigenvalue weighted by Crippen LogP contribution is -2.19. The molecule has 0 amide bonds. The van der Waals surface area contributed by atoms with Gasteiger partial charge in [-0.1, -0.05) is 6.07 Å². The lowest BCUT2D eigenvalue weighted by Gasteiger charge is -2.14. The Morgan fingerprint density at radius 1 is 1.54 bits per heavy atom. The number of hydrogen-bond donors (Lipinski definition) is 1. The molecule has 1 saturated carbocycles. The van der Waals surface area contributed by atoms with Gasteiger partial charge in [0, 0.05) is 24.4 Å². The molecule has 2 heteroatoms. The summed E-state index contributed by atoms with van der Waals surface area (Å²) >= 11 is 0. The summed E-state index contributed by atoms with van der Waals surface area (Å²) < 4.78 is 0. The normalized spacial score (nSPS) is 18.5. The molecule has 0 saturated heterocycles. The second-order valence-electron chi connectivity index (χ2n) is 3.76. The van der Waals surface area contributed by atoms with Crippen LogP contribution in [0.4, 0.5) is 0 Å². The van der Waals surface area contributed by atoms with Gasteiger partial charge < -0.3 is 5.32 Å². The fourth-order valence-corrected chi connectivity index (χ4v) is 1.83. The third kappa shape index (κ3) is 2.07. The predicted molar refractivity (Wildman–Crippen MR) is 53.6 cm³/mol. The molecule has 0 aliphatic heterocycles. The van der Waals surface area contributed by atoms with Crippen LogP contribution in [0.3, 0.4) is 0 Å². The van der Waals surface area contributed by atoms with Crippen molar-refractivity contribution in [1.82, 2.24) is 10.3 Å². The van der Waals surface area contributed by atoms with Crippen molar-refractivity contribution in [3.63, 3.8) is 0 Å². The molecule has 13 heavy (non-hydrogen) atoms. The Kier molecular flexibility index (Phi) is 2.60. The molecule has 1 atom stereocenters. The summed E-state index contributed by atoms with van der Waals surface area (Å²) in [6.07, 6.45) is 4.65. The van der Waals surface area contributed by atoms with Gasteiger partial charge in [0.25, 0.3) is 0 Å². The van der Waals surface area contributed by atoms with E-state index < -0.39 is 0 Å². The highest BCUT2D eigenvalue weighted by atomic mass is 14.8. The molecule has 1 aromatic heterocycles. The van der Waals surface area contributed by atoms with Crippen molar-refractivity contribution < 1.29 is 0 Å². The van der Waals surface area contributed by atoms with E-state index in [-0.39, 0.29) is 0 Å². The molecule has 1 aliphatic carbocycles. The van der Waals surface area contributed by atoms with Gasteiger partial charge in [-0.25, -0.2) is 0 Å². The average Bonchev–Trinajstić information content (AvgIpc) is 2.99. The van der Waals surface area contributed by atoms with Crippen molar-refractivity contribution in [3.05, 3.63) is 30.1 Å². The van der Waals surface area contributed by atoms with Crippen LogP contribution in [0.5, 0.6) is 0 Å². The number of likely N-dealkylation sites (N-methyl/N-ethyl adjacent to an activating group) is 1. The van der Waals surface area contributed by atoms with Gasteiger partial charge in [0.05, 0.1) is 0 Å². The summed E-state index contributed by atoms with van der Waals surface area (Å²) in [5, 5.41) is 3.25. The zero-order valence-corrected chi connectivity index (χ0v) is 8.03. The van der Waals surface area contributed by atoms with E-state index in [0.717, 1.165) is 12.5 Å². The van der Waals surface area contributed by atoms with Crippen LogP contribution in [-0.4, -0.2) is 18.6 Å². The zero-order valence-electron chi connectivity index (χ0n) is 8.03. The van der Waals surface area contributed by atoms with E-state index in [1.807, 2.05) is 19.3 Å². The van der Waals surface area contributed by atoms with Gasteiger partial charge in [-0.15, -0.1) is 0 Å². The molecule has 0 bridgehead atoms. The topological polar surface area (TPSA) is 24.9 Å². The second kappa shape index (κ2) is 3.88. The minimum Gasteiger partial charge on any atom is -0.319 e. The summed E-state index contributed by atoms with van der Waals surface area (Å²) in [5.74, 6) is 1.51. The highest BCUT2D eigenvalue weighted by molar-refractivity contribution is 5.13. The molecule has 70 valence electrons. The molecule has 1 aliphatic rings. The highest BCUT2D eigenvalue weighted by Gasteiger charge is 2.32. The molecular weight excluding hydrogens is 160 g/mol. The second-order valence-corrected chi connectivity index (χ2v) is 3.76. The van der Waals surface area contributed by atoms with E-state index in [0.29, 0.717) is 5.92 Å².